The van der Waals surface area contributed by atoms with Gasteiger partial charge in [0.15, 0.2) is 0 Å². The molecule has 0 unspecified atom stereocenters. The number of nitrogens with zero attached hydrogens (tertiary/aromatic N) is 2. The lowest BCUT2D eigenvalue weighted by Crippen LogP contribution is -2.50. The molecule has 1 N–H and O–H groups in total. The van der Waals surface area contributed by atoms with Crippen molar-refractivity contribution in [3.05, 3.63) is 40.8 Å². The molecule has 2 heterocycles. The molecular formula is C26H35N3O4S. The van der Waals surface area contributed by atoms with Gasteiger partial charge in [0.05, 0.1) is 0 Å². The highest BCUT2D eigenvalue weighted by Gasteiger charge is 2.48. The lowest BCUT2D eigenvalue weighted by atomic mass is 9.88. The van der Waals surface area contributed by atoms with E-state index < -0.39 is 15.6 Å². The molecule has 3 aliphatic rings. The molecule has 2 fully saturated rings. The van der Waals surface area contributed by atoms with Gasteiger partial charge in [0.2, 0.25) is 10.0 Å². The first-order chi connectivity index (χ1) is 16.3. The molecule has 0 atom stereocenters. The molecule has 34 heavy (non-hydrogen) atoms. The summed E-state index contributed by atoms with van der Waals surface area (Å²) in [5.41, 5.74) is 1.13. The van der Waals surface area contributed by atoms with E-state index in [1.165, 1.54) is 29.0 Å². The van der Waals surface area contributed by atoms with Crippen molar-refractivity contribution in [2.24, 2.45) is 10.9 Å². The van der Waals surface area contributed by atoms with Gasteiger partial charge in [-0.1, -0.05) is 43.5 Å². The minimum atomic E-state index is -3.58. The van der Waals surface area contributed by atoms with Crippen LogP contribution in [0.25, 0.3) is 6.08 Å². The van der Waals surface area contributed by atoms with Crippen LogP contribution >= 0.6 is 0 Å². The van der Waals surface area contributed by atoms with Crippen LogP contribution in [0.1, 0.15) is 75.8 Å². The second-order valence-electron chi connectivity index (χ2n) is 9.86. The van der Waals surface area contributed by atoms with E-state index in [9.17, 15) is 18.0 Å². The third-order valence-corrected chi connectivity index (χ3v) is 8.87. The summed E-state index contributed by atoms with van der Waals surface area (Å²) in [6, 6.07) is 7.73. The second kappa shape index (κ2) is 10.5. The topological polar surface area (TPSA) is 95.9 Å². The lowest BCUT2D eigenvalue weighted by Gasteiger charge is -2.34. The predicted octanol–water partition coefficient (Wildman–Crippen LogP) is 3.84. The van der Waals surface area contributed by atoms with Gasteiger partial charge < -0.3 is 10.1 Å². The largest absolute Gasteiger partial charge is 0.312 e. The van der Waals surface area contributed by atoms with Gasteiger partial charge in [0.25, 0.3) is 5.91 Å². The zero-order valence-corrected chi connectivity index (χ0v) is 20.8. The Morgan fingerprint density at radius 1 is 1.15 bits per heavy atom. The maximum absolute atomic E-state index is 12.9. The van der Waals surface area contributed by atoms with Crippen molar-refractivity contribution in [2.75, 3.05) is 13.1 Å². The van der Waals surface area contributed by atoms with Crippen LogP contribution in [-0.4, -0.2) is 48.9 Å². The molecule has 8 heteroatoms. The number of benzene rings is 1. The smallest absolute Gasteiger partial charge is 0.253 e. The number of hydrogen-bond acceptors (Lipinski definition) is 5. The first kappa shape index (κ1) is 24.8. The molecular weight excluding hydrogens is 450 g/mol. The molecule has 2 aliphatic heterocycles. The molecule has 0 bridgehead atoms. The van der Waals surface area contributed by atoms with Crippen molar-refractivity contribution in [3.8, 4) is 0 Å². The third kappa shape index (κ3) is 5.84. The fourth-order valence-electron chi connectivity index (χ4n) is 5.15. The Kier molecular flexibility index (Phi) is 7.67. The number of sulfonamides is 1. The highest BCUT2D eigenvalue weighted by atomic mass is 32.2. The highest BCUT2D eigenvalue weighted by Crippen LogP contribution is 2.34. The van der Waals surface area contributed by atoms with E-state index in [1.54, 1.807) is 13.0 Å². The monoisotopic (exact) mass is 485 g/mol. The molecule has 1 saturated carbocycles. The fraction of sp³-hybridized carbons (Fsp3) is 0.577. The van der Waals surface area contributed by atoms with Gasteiger partial charge >= 0.3 is 0 Å². The van der Waals surface area contributed by atoms with E-state index in [0.717, 1.165) is 42.6 Å². The summed E-state index contributed by atoms with van der Waals surface area (Å²) in [7, 11) is -3.58. The van der Waals surface area contributed by atoms with E-state index in [1.807, 2.05) is 24.3 Å². The molecule has 1 saturated heterocycles. The van der Waals surface area contributed by atoms with E-state index in [-0.39, 0.29) is 24.8 Å². The van der Waals surface area contributed by atoms with Gasteiger partial charge in [-0.15, -0.1) is 0 Å². The molecule has 1 aromatic rings. The number of hydrogen-bond donors (Lipinski definition) is 1. The number of piperidine rings is 1. The van der Waals surface area contributed by atoms with Crippen molar-refractivity contribution in [3.63, 3.8) is 0 Å². The van der Waals surface area contributed by atoms with Gasteiger partial charge in [0, 0.05) is 30.8 Å². The number of aliphatic imine (C=N–C) groups is 1. The third-order valence-electron chi connectivity index (χ3n) is 7.31. The first-order valence-electron chi connectivity index (χ1n) is 12.5. The number of Topliss-reactive ketones (excluding diaryl/α,β-unsaturated/α-hetero) is 1. The number of aryl methyl sites for hydroxylation is 1. The van der Waals surface area contributed by atoms with E-state index in [0.29, 0.717) is 25.2 Å². The molecule has 184 valence electrons. The van der Waals surface area contributed by atoms with Gasteiger partial charge in [-0.05, 0) is 62.7 Å². The quantitative estimate of drug-likeness (QED) is 0.605. The van der Waals surface area contributed by atoms with E-state index in [4.69, 9.17) is 4.99 Å². The molecule has 1 amide bonds. The summed E-state index contributed by atoms with van der Waals surface area (Å²) >= 11 is 0. The average Bonchev–Trinajstić information content (AvgIpc) is 3.15. The Morgan fingerprint density at radius 2 is 1.82 bits per heavy atom. The summed E-state index contributed by atoms with van der Waals surface area (Å²) in [6.07, 6.45) is 10.4. The van der Waals surface area contributed by atoms with E-state index >= 15 is 0 Å². The van der Waals surface area contributed by atoms with Crippen molar-refractivity contribution in [2.45, 2.75) is 76.7 Å². The Bertz CT molecular complexity index is 1060. The number of amidine groups is 1. The van der Waals surface area contributed by atoms with Crippen LogP contribution in [0.5, 0.6) is 0 Å². The Morgan fingerprint density at radius 3 is 2.47 bits per heavy atom. The number of carbonyl (C=O) groups excluding carboxylic acids is 2. The summed E-state index contributed by atoms with van der Waals surface area (Å²) in [6.45, 7) is 2.17. The van der Waals surface area contributed by atoms with E-state index in [2.05, 4.69) is 5.32 Å². The first-order valence-corrected chi connectivity index (χ1v) is 14.0. The van der Waals surface area contributed by atoms with Gasteiger partial charge in [-0.2, -0.15) is 4.31 Å². The molecule has 0 aromatic heterocycles. The SMILES string of the molecule is CC(=O)CCCc1ccc(/C=C/S(=O)(=O)N2CCC3(CC2)N=C(C2CCCCC2)NC3=O)cc1. The van der Waals surface area contributed by atoms with Gasteiger partial charge in [-0.25, -0.2) is 8.42 Å². The van der Waals surface area contributed by atoms with Crippen molar-refractivity contribution >= 4 is 33.6 Å². The predicted molar refractivity (Wildman–Crippen MR) is 134 cm³/mol. The number of rotatable bonds is 8. The van der Waals surface area contributed by atoms with Crippen LogP contribution in [0, 0.1) is 5.92 Å². The molecule has 1 aliphatic carbocycles. The Hall–Kier alpha value is -2.32. The zero-order valence-electron chi connectivity index (χ0n) is 20.0. The van der Waals surface area contributed by atoms with Crippen LogP contribution in [0.4, 0.5) is 0 Å². The van der Waals surface area contributed by atoms with Gasteiger partial charge in [0.1, 0.15) is 17.2 Å². The molecule has 7 nitrogen and oxygen atoms in total. The lowest BCUT2D eigenvalue weighted by molar-refractivity contribution is -0.125. The maximum Gasteiger partial charge on any atom is 0.253 e. The Labute approximate surface area is 202 Å². The summed E-state index contributed by atoms with van der Waals surface area (Å²) in [5, 5.41) is 4.27. The fourth-order valence-corrected chi connectivity index (χ4v) is 6.34. The molecule has 0 radical (unpaired) electrons. The van der Waals surface area contributed by atoms with Crippen LogP contribution in [0.3, 0.4) is 0 Å². The average molecular weight is 486 g/mol. The minimum absolute atomic E-state index is 0.0657. The highest BCUT2D eigenvalue weighted by molar-refractivity contribution is 7.92. The molecule has 4 rings (SSSR count). The number of ketones is 1. The van der Waals surface area contributed by atoms with Crippen LogP contribution < -0.4 is 5.32 Å². The van der Waals surface area contributed by atoms with Crippen molar-refractivity contribution in [1.29, 1.82) is 0 Å². The van der Waals surface area contributed by atoms with Crippen LogP contribution in [0.15, 0.2) is 34.7 Å². The summed E-state index contributed by atoms with van der Waals surface area (Å²) in [5.74, 6) is 1.29. The second-order valence-corrected chi connectivity index (χ2v) is 11.7. The van der Waals surface area contributed by atoms with Crippen LogP contribution in [-0.2, 0) is 26.0 Å². The molecule has 1 spiro atoms. The normalized spacial score (nSPS) is 21.7. The van der Waals surface area contributed by atoms with Crippen molar-refractivity contribution in [1.82, 2.24) is 9.62 Å². The number of amides is 1. The maximum atomic E-state index is 12.9. The number of carbonyl (C=O) groups is 2. The minimum Gasteiger partial charge on any atom is -0.312 e. The zero-order chi connectivity index (χ0) is 24.2. The number of nitrogens with one attached hydrogen (secondary N) is 1. The standard InChI is InChI=1S/C26H35N3O4S/c1-20(30)6-5-7-21-10-12-22(13-11-21)14-19-34(32,33)29-17-15-26(16-18-29)25(31)27-24(28-26)23-8-3-2-4-9-23/h10-14,19,23H,2-9,15-18H2,1H3,(H,27,28,31)/b19-14+. The summed E-state index contributed by atoms with van der Waals surface area (Å²) < 4.78 is 27.2. The Balaban J connectivity index is 1.34. The molecule has 1 aromatic carbocycles. The van der Waals surface area contributed by atoms with Crippen LogP contribution in [0.2, 0.25) is 0 Å². The summed E-state index contributed by atoms with van der Waals surface area (Å²) in [4.78, 5) is 28.7. The van der Waals surface area contributed by atoms with Gasteiger partial charge in [-0.3, -0.25) is 9.79 Å². The van der Waals surface area contributed by atoms with Crippen molar-refractivity contribution < 1.29 is 18.0 Å².